The number of ether oxygens (including phenoxy) is 1. The maximum absolute atomic E-state index is 13.2. The highest BCUT2D eigenvalue weighted by atomic mass is 32.2. The molecular formula is C25H34N2O3S. The fourth-order valence-electron chi connectivity index (χ4n) is 3.13. The number of nitrogens with zero attached hydrogens (tertiary/aromatic N) is 1. The second-order valence-corrected chi connectivity index (χ2v) is 9.69. The smallest absolute Gasteiger partial charge is 0.242 e. The van der Waals surface area contributed by atoms with Crippen molar-refractivity contribution in [2.24, 2.45) is 0 Å². The molecule has 0 aliphatic rings. The first-order chi connectivity index (χ1) is 14.6. The van der Waals surface area contributed by atoms with Crippen LogP contribution in [0.25, 0.3) is 0 Å². The Balaban J connectivity index is 2.13. The number of rotatable bonds is 9. The number of carbonyl (C=O) groups excluding carboxylic acids is 2. The molecule has 0 spiro atoms. The Kier molecular flexibility index (Phi) is 8.99. The first-order valence-corrected chi connectivity index (χ1v) is 11.6. The number of nitrogens with one attached hydrogen (secondary N) is 1. The molecule has 0 heterocycles. The molecule has 1 unspecified atom stereocenters. The third-order valence-corrected chi connectivity index (χ3v) is 5.86. The van der Waals surface area contributed by atoms with Crippen LogP contribution < -0.4 is 10.1 Å². The van der Waals surface area contributed by atoms with Gasteiger partial charge in [0.1, 0.15) is 11.8 Å². The molecular weight excluding hydrogens is 408 g/mol. The summed E-state index contributed by atoms with van der Waals surface area (Å²) in [6, 6.07) is 15.2. The van der Waals surface area contributed by atoms with Crippen molar-refractivity contribution < 1.29 is 14.3 Å². The number of aryl methyl sites for hydroxylation is 1. The minimum Gasteiger partial charge on any atom is -0.497 e. The lowest BCUT2D eigenvalue weighted by atomic mass is 10.1. The molecule has 6 heteroatoms. The molecule has 31 heavy (non-hydrogen) atoms. The topological polar surface area (TPSA) is 58.6 Å². The number of hydrogen-bond acceptors (Lipinski definition) is 4. The Hall–Kier alpha value is -2.47. The average molecular weight is 443 g/mol. The fourth-order valence-corrected chi connectivity index (χ4v) is 4.11. The van der Waals surface area contributed by atoms with Crippen LogP contribution in [-0.2, 0) is 21.9 Å². The van der Waals surface area contributed by atoms with Crippen LogP contribution in [0.3, 0.4) is 0 Å². The maximum atomic E-state index is 13.2. The highest BCUT2D eigenvalue weighted by molar-refractivity contribution is 7.99. The molecule has 168 valence electrons. The van der Waals surface area contributed by atoms with E-state index in [4.69, 9.17) is 4.74 Å². The number of thioether (sulfide) groups is 1. The van der Waals surface area contributed by atoms with Gasteiger partial charge in [-0.25, -0.2) is 0 Å². The molecule has 0 aliphatic carbocycles. The zero-order valence-corrected chi connectivity index (χ0v) is 20.2. The summed E-state index contributed by atoms with van der Waals surface area (Å²) < 4.78 is 5.31. The van der Waals surface area contributed by atoms with E-state index in [0.717, 1.165) is 17.1 Å². The predicted molar refractivity (Wildman–Crippen MR) is 128 cm³/mol. The third-order valence-electron chi connectivity index (χ3n) is 4.90. The Labute approximate surface area is 190 Å². The van der Waals surface area contributed by atoms with E-state index in [9.17, 15) is 9.59 Å². The summed E-state index contributed by atoms with van der Waals surface area (Å²) in [4.78, 5) is 27.7. The normalized spacial score (nSPS) is 12.2. The van der Waals surface area contributed by atoms with Gasteiger partial charge in [0.05, 0.1) is 12.9 Å². The van der Waals surface area contributed by atoms with E-state index in [1.165, 1.54) is 11.1 Å². The van der Waals surface area contributed by atoms with Crippen molar-refractivity contribution in [1.82, 2.24) is 10.2 Å². The Morgan fingerprint density at radius 1 is 1.13 bits per heavy atom. The predicted octanol–water partition coefficient (Wildman–Crippen LogP) is 4.57. The SMILES string of the molecule is COc1cccc(CN(C(=O)CSCc2ccccc2C)C(C)C(=O)NC(C)(C)C)c1. The summed E-state index contributed by atoms with van der Waals surface area (Å²) in [7, 11) is 1.61. The summed E-state index contributed by atoms with van der Waals surface area (Å²) >= 11 is 1.57. The van der Waals surface area contributed by atoms with Gasteiger partial charge < -0.3 is 15.0 Å². The molecule has 0 aliphatic heterocycles. The molecule has 2 aromatic rings. The Bertz CT molecular complexity index is 892. The van der Waals surface area contributed by atoms with Crippen LogP contribution in [0.5, 0.6) is 5.75 Å². The fraction of sp³-hybridized carbons (Fsp3) is 0.440. The van der Waals surface area contributed by atoms with Gasteiger partial charge in [0.15, 0.2) is 0 Å². The van der Waals surface area contributed by atoms with Gasteiger partial charge in [-0.15, -0.1) is 11.8 Å². The van der Waals surface area contributed by atoms with Crippen LogP contribution in [0.2, 0.25) is 0 Å². The third kappa shape index (κ3) is 7.94. The zero-order chi connectivity index (χ0) is 23.0. The van der Waals surface area contributed by atoms with Crippen LogP contribution in [0.1, 0.15) is 44.4 Å². The molecule has 0 bridgehead atoms. The summed E-state index contributed by atoms with van der Waals surface area (Å²) in [5, 5.41) is 2.99. The van der Waals surface area contributed by atoms with Crippen molar-refractivity contribution in [3.8, 4) is 5.75 Å². The van der Waals surface area contributed by atoms with Crippen LogP contribution in [0.15, 0.2) is 48.5 Å². The standard InChI is InChI=1S/C25H34N2O3S/c1-18-10-7-8-12-21(18)16-31-17-23(28)27(19(2)24(29)26-25(3,4)5)15-20-11-9-13-22(14-20)30-6/h7-14,19H,15-17H2,1-6H3,(H,26,29). The van der Waals surface area contributed by atoms with Crippen molar-refractivity contribution >= 4 is 23.6 Å². The van der Waals surface area contributed by atoms with Gasteiger partial charge in [-0.3, -0.25) is 9.59 Å². The van der Waals surface area contributed by atoms with Crippen LogP contribution in [-0.4, -0.2) is 41.2 Å². The van der Waals surface area contributed by atoms with Crippen LogP contribution in [0, 0.1) is 6.92 Å². The van der Waals surface area contributed by atoms with Crippen molar-refractivity contribution in [2.45, 2.75) is 58.5 Å². The van der Waals surface area contributed by atoms with E-state index >= 15 is 0 Å². The van der Waals surface area contributed by atoms with Crippen molar-refractivity contribution in [3.63, 3.8) is 0 Å². The molecule has 0 saturated heterocycles. The molecule has 5 nitrogen and oxygen atoms in total. The molecule has 0 radical (unpaired) electrons. The summed E-state index contributed by atoms with van der Waals surface area (Å²) in [6.07, 6.45) is 0. The average Bonchev–Trinajstić information content (AvgIpc) is 2.71. The first-order valence-electron chi connectivity index (χ1n) is 10.5. The van der Waals surface area contributed by atoms with Gasteiger partial charge in [-0.2, -0.15) is 0 Å². The lowest BCUT2D eigenvalue weighted by Gasteiger charge is -2.31. The van der Waals surface area contributed by atoms with Gasteiger partial charge >= 0.3 is 0 Å². The van der Waals surface area contributed by atoms with E-state index in [1.807, 2.05) is 57.2 Å². The number of benzene rings is 2. The summed E-state index contributed by atoms with van der Waals surface area (Å²) in [5.74, 6) is 1.58. The van der Waals surface area contributed by atoms with Gasteiger partial charge in [0.25, 0.3) is 0 Å². The highest BCUT2D eigenvalue weighted by Gasteiger charge is 2.28. The lowest BCUT2D eigenvalue weighted by Crippen LogP contribution is -2.52. The molecule has 2 aromatic carbocycles. The van der Waals surface area contributed by atoms with E-state index in [2.05, 4.69) is 24.4 Å². The van der Waals surface area contributed by atoms with Gasteiger partial charge in [-0.05, 0) is 63.4 Å². The van der Waals surface area contributed by atoms with E-state index in [0.29, 0.717) is 12.3 Å². The Morgan fingerprint density at radius 3 is 2.48 bits per heavy atom. The highest BCUT2D eigenvalue weighted by Crippen LogP contribution is 2.20. The molecule has 0 fully saturated rings. The molecule has 0 saturated carbocycles. The van der Waals surface area contributed by atoms with Crippen LogP contribution in [0.4, 0.5) is 0 Å². The van der Waals surface area contributed by atoms with E-state index in [1.54, 1.807) is 30.7 Å². The number of hydrogen-bond donors (Lipinski definition) is 1. The van der Waals surface area contributed by atoms with Gasteiger partial charge in [0, 0.05) is 17.8 Å². The second-order valence-electron chi connectivity index (χ2n) is 8.71. The summed E-state index contributed by atoms with van der Waals surface area (Å²) in [6.45, 7) is 10.0. The number of amides is 2. The maximum Gasteiger partial charge on any atom is 0.242 e. The largest absolute Gasteiger partial charge is 0.497 e. The minimum atomic E-state index is -0.586. The molecule has 2 rings (SSSR count). The van der Waals surface area contributed by atoms with Gasteiger partial charge in [-0.1, -0.05) is 36.4 Å². The lowest BCUT2D eigenvalue weighted by molar-refractivity contribution is -0.139. The monoisotopic (exact) mass is 442 g/mol. The molecule has 1 atom stereocenters. The van der Waals surface area contributed by atoms with E-state index < -0.39 is 6.04 Å². The number of carbonyl (C=O) groups is 2. The van der Waals surface area contributed by atoms with Crippen molar-refractivity contribution in [1.29, 1.82) is 0 Å². The van der Waals surface area contributed by atoms with Crippen LogP contribution >= 0.6 is 11.8 Å². The Morgan fingerprint density at radius 2 is 1.84 bits per heavy atom. The minimum absolute atomic E-state index is 0.0574. The first kappa shape index (κ1) is 24.8. The summed E-state index contributed by atoms with van der Waals surface area (Å²) in [5.41, 5.74) is 2.99. The molecule has 1 N–H and O–H groups in total. The van der Waals surface area contributed by atoms with Crippen molar-refractivity contribution in [2.75, 3.05) is 12.9 Å². The molecule has 2 amide bonds. The molecule has 0 aromatic heterocycles. The quantitative estimate of drug-likeness (QED) is 0.618. The zero-order valence-electron chi connectivity index (χ0n) is 19.4. The number of methoxy groups -OCH3 is 1. The second kappa shape index (κ2) is 11.2. The van der Waals surface area contributed by atoms with Crippen molar-refractivity contribution in [3.05, 3.63) is 65.2 Å². The van der Waals surface area contributed by atoms with E-state index in [-0.39, 0.29) is 17.4 Å². The van der Waals surface area contributed by atoms with Gasteiger partial charge in [0.2, 0.25) is 11.8 Å².